The average Bonchev–Trinajstić information content (AvgIpc) is 3.09. The first-order valence-corrected chi connectivity index (χ1v) is 8.16. The fourth-order valence-corrected chi connectivity index (χ4v) is 2.36. The molecule has 0 radical (unpaired) electrons. The van der Waals surface area contributed by atoms with E-state index in [1.54, 1.807) is 7.11 Å². The molecule has 0 aliphatic carbocycles. The molecule has 0 atom stereocenters. The van der Waals surface area contributed by atoms with Crippen LogP contribution in [0.2, 0.25) is 0 Å². The van der Waals surface area contributed by atoms with E-state index in [1.807, 2.05) is 36.4 Å². The van der Waals surface area contributed by atoms with Gasteiger partial charge >= 0.3 is 0 Å². The number of ether oxygens (including phenoxy) is 2. The lowest BCUT2D eigenvalue weighted by molar-refractivity contribution is 0.264. The van der Waals surface area contributed by atoms with E-state index >= 15 is 0 Å². The molecule has 3 aromatic rings. The van der Waals surface area contributed by atoms with Gasteiger partial charge in [-0.05, 0) is 47.4 Å². The molecule has 0 aliphatic heterocycles. The number of methoxy groups -OCH3 is 1. The molecule has 0 N–H and O–H groups in total. The SMILES string of the molecule is COc1ccc(-c2nnc(COc3ccc(C(C)(C)C)cc3)o2)cc1. The summed E-state index contributed by atoms with van der Waals surface area (Å²) >= 11 is 0. The van der Waals surface area contributed by atoms with Gasteiger partial charge in [0.25, 0.3) is 5.89 Å². The van der Waals surface area contributed by atoms with E-state index in [9.17, 15) is 0 Å². The van der Waals surface area contributed by atoms with Gasteiger partial charge in [-0.2, -0.15) is 0 Å². The molecule has 0 aliphatic rings. The molecule has 0 saturated heterocycles. The molecule has 25 heavy (non-hydrogen) atoms. The lowest BCUT2D eigenvalue weighted by Crippen LogP contribution is -2.10. The minimum Gasteiger partial charge on any atom is -0.497 e. The first kappa shape index (κ1) is 17.0. The highest BCUT2D eigenvalue weighted by molar-refractivity contribution is 5.53. The van der Waals surface area contributed by atoms with Gasteiger partial charge in [0, 0.05) is 5.56 Å². The summed E-state index contributed by atoms with van der Waals surface area (Å²) in [5.74, 6) is 2.46. The van der Waals surface area contributed by atoms with Crippen LogP contribution in [0.25, 0.3) is 11.5 Å². The number of hydrogen-bond donors (Lipinski definition) is 0. The first-order valence-electron chi connectivity index (χ1n) is 8.16. The minimum absolute atomic E-state index is 0.123. The molecule has 0 bridgehead atoms. The van der Waals surface area contributed by atoms with Crippen molar-refractivity contribution in [2.75, 3.05) is 7.11 Å². The first-order chi connectivity index (χ1) is 12.0. The lowest BCUT2D eigenvalue weighted by atomic mass is 9.87. The summed E-state index contributed by atoms with van der Waals surface area (Å²) in [7, 11) is 1.63. The largest absolute Gasteiger partial charge is 0.497 e. The third-order valence-electron chi connectivity index (χ3n) is 3.89. The smallest absolute Gasteiger partial charge is 0.254 e. The summed E-state index contributed by atoms with van der Waals surface area (Å²) in [4.78, 5) is 0. The molecule has 130 valence electrons. The summed E-state index contributed by atoms with van der Waals surface area (Å²) in [5.41, 5.74) is 2.23. The van der Waals surface area contributed by atoms with Crippen molar-refractivity contribution in [3.63, 3.8) is 0 Å². The molecular weight excluding hydrogens is 316 g/mol. The normalized spacial score (nSPS) is 11.4. The van der Waals surface area contributed by atoms with Crippen molar-refractivity contribution >= 4 is 0 Å². The number of hydrogen-bond acceptors (Lipinski definition) is 5. The van der Waals surface area contributed by atoms with Crippen LogP contribution >= 0.6 is 0 Å². The highest BCUT2D eigenvalue weighted by Crippen LogP contribution is 2.25. The number of aromatic nitrogens is 2. The van der Waals surface area contributed by atoms with Crippen molar-refractivity contribution < 1.29 is 13.9 Å². The van der Waals surface area contributed by atoms with E-state index in [0.717, 1.165) is 17.1 Å². The maximum atomic E-state index is 5.73. The highest BCUT2D eigenvalue weighted by Gasteiger charge is 2.13. The molecule has 5 heteroatoms. The Morgan fingerprint density at radius 1 is 0.880 bits per heavy atom. The third kappa shape index (κ3) is 4.18. The summed E-state index contributed by atoms with van der Waals surface area (Å²) in [5, 5.41) is 8.10. The van der Waals surface area contributed by atoms with Crippen LogP contribution in [0.3, 0.4) is 0 Å². The second-order valence-corrected chi connectivity index (χ2v) is 6.79. The van der Waals surface area contributed by atoms with Gasteiger partial charge in [0.05, 0.1) is 7.11 Å². The molecule has 3 rings (SSSR count). The van der Waals surface area contributed by atoms with Crippen LogP contribution in [0.1, 0.15) is 32.2 Å². The van der Waals surface area contributed by atoms with Crippen LogP contribution < -0.4 is 9.47 Å². The fourth-order valence-electron chi connectivity index (χ4n) is 2.36. The Labute approximate surface area is 147 Å². The summed E-state index contributed by atoms with van der Waals surface area (Å²) in [6.07, 6.45) is 0. The Bertz CT molecular complexity index is 815. The molecule has 1 heterocycles. The van der Waals surface area contributed by atoms with Crippen molar-refractivity contribution in [3.8, 4) is 23.0 Å². The zero-order chi connectivity index (χ0) is 17.9. The molecule has 0 fully saturated rings. The molecule has 1 aromatic heterocycles. The highest BCUT2D eigenvalue weighted by atomic mass is 16.5. The zero-order valence-corrected chi connectivity index (χ0v) is 14.9. The van der Waals surface area contributed by atoms with Crippen molar-refractivity contribution in [2.24, 2.45) is 0 Å². The van der Waals surface area contributed by atoms with Crippen LogP contribution in [0.5, 0.6) is 11.5 Å². The lowest BCUT2D eigenvalue weighted by Gasteiger charge is -2.19. The molecule has 0 spiro atoms. The minimum atomic E-state index is 0.123. The maximum Gasteiger partial charge on any atom is 0.254 e. The van der Waals surface area contributed by atoms with Gasteiger partial charge in [0.2, 0.25) is 5.89 Å². The summed E-state index contributed by atoms with van der Waals surface area (Å²) < 4.78 is 16.5. The van der Waals surface area contributed by atoms with Gasteiger partial charge in [-0.25, -0.2) is 0 Å². The Hall–Kier alpha value is -2.82. The third-order valence-corrected chi connectivity index (χ3v) is 3.89. The van der Waals surface area contributed by atoms with E-state index in [0.29, 0.717) is 11.8 Å². The van der Waals surface area contributed by atoms with E-state index < -0.39 is 0 Å². The number of nitrogens with zero attached hydrogens (tertiary/aromatic N) is 2. The van der Waals surface area contributed by atoms with Gasteiger partial charge in [-0.15, -0.1) is 10.2 Å². The summed E-state index contributed by atoms with van der Waals surface area (Å²) in [6, 6.07) is 15.5. The number of benzene rings is 2. The van der Waals surface area contributed by atoms with Crippen molar-refractivity contribution in [2.45, 2.75) is 32.8 Å². The van der Waals surface area contributed by atoms with Crippen LogP contribution in [-0.2, 0) is 12.0 Å². The van der Waals surface area contributed by atoms with Gasteiger partial charge < -0.3 is 13.9 Å². The molecule has 0 saturated carbocycles. The topological polar surface area (TPSA) is 57.4 Å². The zero-order valence-electron chi connectivity index (χ0n) is 14.9. The average molecular weight is 338 g/mol. The standard InChI is InChI=1S/C20H22N2O3/c1-20(2,3)15-7-11-17(12-8-15)24-13-18-21-22-19(25-18)14-5-9-16(23-4)10-6-14/h5-12H,13H2,1-4H3. The van der Waals surface area contributed by atoms with Gasteiger partial charge in [0.1, 0.15) is 11.5 Å². The van der Waals surface area contributed by atoms with E-state index in [4.69, 9.17) is 13.9 Å². The second-order valence-electron chi connectivity index (χ2n) is 6.79. The Morgan fingerprint density at radius 2 is 1.52 bits per heavy atom. The Balaban J connectivity index is 1.63. The monoisotopic (exact) mass is 338 g/mol. The maximum absolute atomic E-state index is 5.73. The fraction of sp³-hybridized carbons (Fsp3) is 0.300. The van der Waals surface area contributed by atoms with Gasteiger partial charge in [0.15, 0.2) is 6.61 Å². The quantitative estimate of drug-likeness (QED) is 0.679. The molecule has 0 amide bonds. The van der Waals surface area contributed by atoms with Crippen molar-refractivity contribution in [1.82, 2.24) is 10.2 Å². The number of rotatable bonds is 5. The molecule has 5 nitrogen and oxygen atoms in total. The molecular formula is C20H22N2O3. The van der Waals surface area contributed by atoms with Gasteiger partial charge in [-0.3, -0.25) is 0 Å². The molecule has 0 unspecified atom stereocenters. The summed E-state index contributed by atoms with van der Waals surface area (Å²) in [6.45, 7) is 6.78. The van der Waals surface area contributed by atoms with Crippen LogP contribution in [0.15, 0.2) is 52.9 Å². The predicted octanol–water partition coefficient (Wildman–Crippen LogP) is 4.62. The second kappa shape index (κ2) is 6.97. The van der Waals surface area contributed by atoms with Crippen LogP contribution in [0, 0.1) is 0 Å². The Kier molecular flexibility index (Phi) is 4.74. The Morgan fingerprint density at radius 3 is 2.12 bits per heavy atom. The molecule has 2 aromatic carbocycles. The van der Waals surface area contributed by atoms with Gasteiger partial charge in [-0.1, -0.05) is 32.9 Å². The van der Waals surface area contributed by atoms with Crippen LogP contribution in [-0.4, -0.2) is 17.3 Å². The van der Waals surface area contributed by atoms with Crippen molar-refractivity contribution in [1.29, 1.82) is 0 Å². The van der Waals surface area contributed by atoms with E-state index in [2.05, 4.69) is 43.1 Å². The van der Waals surface area contributed by atoms with Crippen LogP contribution in [0.4, 0.5) is 0 Å². The van der Waals surface area contributed by atoms with Crippen molar-refractivity contribution in [3.05, 3.63) is 60.0 Å². The van der Waals surface area contributed by atoms with E-state index in [1.165, 1.54) is 5.56 Å². The van der Waals surface area contributed by atoms with E-state index in [-0.39, 0.29) is 12.0 Å². The predicted molar refractivity (Wildman–Crippen MR) is 95.8 cm³/mol.